The van der Waals surface area contributed by atoms with Gasteiger partial charge in [0, 0.05) is 34.9 Å². The van der Waals surface area contributed by atoms with Crippen molar-refractivity contribution < 1.29 is 13.6 Å². The molecule has 11 heteroatoms. The number of hydrogen-bond donors (Lipinski definition) is 1. The van der Waals surface area contributed by atoms with E-state index in [-0.39, 0.29) is 22.9 Å². The number of nitrogens with one attached hydrogen (secondary N) is 1. The first-order chi connectivity index (χ1) is 15.6. The molecule has 0 bridgehead atoms. The molecule has 162 valence electrons. The molecule has 7 nitrogen and oxygen atoms in total. The van der Waals surface area contributed by atoms with Crippen molar-refractivity contribution in [1.29, 1.82) is 0 Å². The largest absolute Gasteiger partial charge is 0.301 e. The van der Waals surface area contributed by atoms with Gasteiger partial charge in [0.1, 0.15) is 11.6 Å². The molecular formula is C21H16F2N6OS2. The lowest BCUT2D eigenvalue weighted by Crippen LogP contribution is -2.14. The molecule has 0 saturated heterocycles. The predicted molar refractivity (Wildman–Crippen MR) is 118 cm³/mol. The average Bonchev–Trinajstić information content (AvgIpc) is 3.38. The number of rotatable bonds is 7. The van der Waals surface area contributed by atoms with Gasteiger partial charge in [0.2, 0.25) is 5.91 Å². The monoisotopic (exact) mass is 470 g/mol. The van der Waals surface area contributed by atoms with Crippen molar-refractivity contribution in [3.8, 4) is 22.6 Å². The van der Waals surface area contributed by atoms with Crippen LogP contribution in [0.4, 0.5) is 13.9 Å². The van der Waals surface area contributed by atoms with Gasteiger partial charge in [0.25, 0.3) is 0 Å². The summed E-state index contributed by atoms with van der Waals surface area (Å²) >= 11 is 2.44. The molecule has 1 aliphatic rings. The molecule has 1 aliphatic carbocycles. The van der Waals surface area contributed by atoms with Crippen molar-refractivity contribution in [3.63, 3.8) is 0 Å². The Bertz CT molecular complexity index is 1270. The zero-order valence-corrected chi connectivity index (χ0v) is 18.2. The lowest BCUT2D eigenvalue weighted by Gasteiger charge is -2.08. The van der Waals surface area contributed by atoms with Crippen LogP contribution in [0.15, 0.2) is 53.3 Å². The molecule has 0 radical (unpaired) electrons. The van der Waals surface area contributed by atoms with Crippen LogP contribution in [0.2, 0.25) is 0 Å². The summed E-state index contributed by atoms with van der Waals surface area (Å²) in [7, 11) is 0. The van der Waals surface area contributed by atoms with Gasteiger partial charge in [-0.05, 0) is 43.2 Å². The number of anilines is 1. The highest BCUT2D eigenvalue weighted by Crippen LogP contribution is 2.41. The Balaban J connectivity index is 1.26. The van der Waals surface area contributed by atoms with Crippen LogP contribution in [0.25, 0.3) is 22.6 Å². The van der Waals surface area contributed by atoms with Gasteiger partial charge >= 0.3 is 0 Å². The summed E-state index contributed by atoms with van der Waals surface area (Å²) in [6.07, 6.45) is 5.53. The third-order valence-electron chi connectivity index (χ3n) is 4.78. The highest BCUT2D eigenvalue weighted by atomic mass is 32.2. The number of nitrogens with zero attached hydrogens (tertiary/aromatic N) is 5. The summed E-state index contributed by atoms with van der Waals surface area (Å²) in [5.74, 6) is -0.550. The second-order valence-corrected chi connectivity index (χ2v) is 8.95. The Kier molecular flexibility index (Phi) is 5.66. The summed E-state index contributed by atoms with van der Waals surface area (Å²) in [5, 5.41) is 13.8. The van der Waals surface area contributed by atoms with Crippen molar-refractivity contribution in [2.45, 2.75) is 24.0 Å². The van der Waals surface area contributed by atoms with E-state index < -0.39 is 11.6 Å². The Morgan fingerprint density at radius 1 is 1.25 bits per heavy atom. The third kappa shape index (κ3) is 4.39. The SMILES string of the molecule is O=C(CSc1nnc(-c2cccnc2)n1C1CC1)Nc1nc(-c2cc(F)ccc2F)cs1. The zero-order valence-electron chi connectivity index (χ0n) is 16.5. The van der Waals surface area contributed by atoms with Crippen LogP contribution in [0.3, 0.4) is 0 Å². The van der Waals surface area contributed by atoms with Gasteiger partial charge in [-0.1, -0.05) is 11.8 Å². The Morgan fingerprint density at radius 3 is 2.91 bits per heavy atom. The summed E-state index contributed by atoms with van der Waals surface area (Å²) in [5.41, 5.74) is 1.20. The summed E-state index contributed by atoms with van der Waals surface area (Å²) < 4.78 is 29.5. The first-order valence-electron chi connectivity index (χ1n) is 9.77. The number of thiazole rings is 1. The lowest BCUT2D eigenvalue weighted by molar-refractivity contribution is -0.113. The van der Waals surface area contributed by atoms with Crippen LogP contribution in [0, 0.1) is 11.6 Å². The van der Waals surface area contributed by atoms with E-state index in [0.29, 0.717) is 16.3 Å². The maximum absolute atomic E-state index is 14.0. The molecule has 0 spiro atoms. The summed E-state index contributed by atoms with van der Waals surface area (Å²) in [6, 6.07) is 7.28. The number of thioether (sulfide) groups is 1. The van der Waals surface area contributed by atoms with E-state index in [2.05, 4.69) is 30.0 Å². The normalized spacial score (nSPS) is 13.3. The second-order valence-electron chi connectivity index (χ2n) is 7.15. The van der Waals surface area contributed by atoms with E-state index in [1.807, 2.05) is 12.1 Å². The molecule has 3 heterocycles. The number of hydrogen-bond acceptors (Lipinski definition) is 7. The fraction of sp³-hybridized carbons (Fsp3) is 0.190. The minimum atomic E-state index is -0.575. The topological polar surface area (TPSA) is 85.6 Å². The van der Waals surface area contributed by atoms with Gasteiger partial charge in [-0.3, -0.25) is 14.3 Å². The number of halogens is 2. The molecule has 0 atom stereocenters. The maximum Gasteiger partial charge on any atom is 0.236 e. The van der Waals surface area contributed by atoms with E-state index in [9.17, 15) is 13.6 Å². The van der Waals surface area contributed by atoms with Crippen molar-refractivity contribution in [1.82, 2.24) is 24.7 Å². The van der Waals surface area contributed by atoms with E-state index in [4.69, 9.17) is 0 Å². The van der Waals surface area contributed by atoms with Gasteiger partial charge in [-0.25, -0.2) is 13.8 Å². The van der Waals surface area contributed by atoms with Gasteiger partial charge in [0.15, 0.2) is 16.1 Å². The fourth-order valence-electron chi connectivity index (χ4n) is 3.16. The Hall–Kier alpha value is -3.18. The molecule has 1 aromatic carbocycles. The number of aromatic nitrogens is 5. The van der Waals surface area contributed by atoms with Crippen LogP contribution in [-0.2, 0) is 4.79 Å². The summed E-state index contributed by atoms with van der Waals surface area (Å²) in [4.78, 5) is 20.8. The first kappa shape index (κ1) is 20.7. The zero-order chi connectivity index (χ0) is 22.1. The van der Waals surface area contributed by atoms with Gasteiger partial charge in [-0.15, -0.1) is 21.5 Å². The van der Waals surface area contributed by atoms with Crippen LogP contribution in [0.1, 0.15) is 18.9 Å². The van der Waals surface area contributed by atoms with Crippen molar-refractivity contribution in [2.75, 3.05) is 11.1 Å². The Morgan fingerprint density at radius 2 is 2.12 bits per heavy atom. The smallest absolute Gasteiger partial charge is 0.236 e. The quantitative estimate of drug-likeness (QED) is 0.390. The first-order valence-corrected chi connectivity index (χ1v) is 11.6. The molecule has 4 aromatic rings. The minimum Gasteiger partial charge on any atom is -0.301 e. The molecule has 0 aliphatic heterocycles. The number of amides is 1. The highest BCUT2D eigenvalue weighted by molar-refractivity contribution is 7.99. The minimum absolute atomic E-state index is 0.0524. The van der Waals surface area contributed by atoms with Crippen molar-refractivity contribution >= 4 is 34.1 Å². The van der Waals surface area contributed by atoms with Gasteiger partial charge < -0.3 is 5.32 Å². The molecular weight excluding hydrogens is 454 g/mol. The summed E-state index contributed by atoms with van der Waals surface area (Å²) in [6.45, 7) is 0. The number of carbonyl (C=O) groups excluding carboxylic acids is 1. The molecule has 1 N–H and O–H groups in total. The predicted octanol–water partition coefficient (Wildman–Crippen LogP) is 4.81. The third-order valence-corrected chi connectivity index (χ3v) is 6.48. The number of pyridine rings is 1. The molecule has 0 unspecified atom stereocenters. The van der Waals surface area contributed by atoms with E-state index in [1.54, 1.807) is 17.8 Å². The van der Waals surface area contributed by atoms with Crippen LogP contribution < -0.4 is 5.32 Å². The van der Waals surface area contributed by atoms with Gasteiger partial charge in [-0.2, -0.15) is 0 Å². The van der Waals surface area contributed by atoms with Crippen LogP contribution >= 0.6 is 23.1 Å². The average molecular weight is 471 g/mol. The molecule has 3 aromatic heterocycles. The Labute approximate surface area is 189 Å². The van der Waals surface area contributed by atoms with E-state index in [0.717, 1.165) is 53.8 Å². The van der Waals surface area contributed by atoms with Gasteiger partial charge in [0.05, 0.1) is 11.4 Å². The van der Waals surface area contributed by atoms with Crippen molar-refractivity contribution in [2.24, 2.45) is 0 Å². The molecule has 32 heavy (non-hydrogen) atoms. The lowest BCUT2D eigenvalue weighted by atomic mass is 10.1. The van der Waals surface area contributed by atoms with Crippen LogP contribution in [-0.4, -0.2) is 36.4 Å². The second kappa shape index (κ2) is 8.75. The molecule has 5 rings (SSSR count). The number of carbonyl (C=O) groups is 1. The maximum atomic E-state index is 14.0. The fourth-order valence-corrected chi connectivity index (χ4v) is 4.70. The van der Waals surface area contributed by atoms with E-state index >= 15 is 0 Å². The number of benzene rings is 1. The molecule has 1 fully saturated rings. The standard InChI is InChI=1S/C21H16F2N6OS2/c22-13-3-6-16(23)15(8-13)17-10-31-20(25-17)26-18(30)11-32-21-28-27-19(29(21)14-4-5-14)12-2-1-7-24-9-12/h1-3,6-10,14H,4-5,11H2,(H,25,26,30). The molecule has 1 amide bonds. The highest BCUT2D eigenvalue weighted by Gasteiger charge is 2.30. The van der Waals surface area contributed by atoms with Crippen molar-refractivity contribution in [3.05, 3.63) is 59.7 Å². The van der Waals surface area contributed by atoms with E-state index in [1.165, 1.54) is 11.8 Å². The van der Waals surface area contributed by atoms with Crippen LogP contribution in [0.5, 0.6) is 0 Å². The molecule has 1 saturated carbocycles.